The van der Waals surface area contributed by atoms with E-state index in [0.717, 1.165) is 0 Å². The highest BCUT2D eigenvalue weighted by Gasteiger charge is 2.36. The van der Waals surface area contributed by atoms with Gasteiger partial charge in [0.15, 0.2) is 0 Å². The first-order valence-electron chi connectivity index (χ1n) is 9.12. The average Bonchev–Trinajstić information content (AvgIpc) is 3.05. The molecule has 1 heterocycles. The molecule has 1 aliphatic rings. The molecule has 0 aliphatic carbocycles. The maximum absolute atomic E-state index is 12.6. The van der Waals surface area contributed by atoms with Gasteiger partial charge in [0.05, 0.1) is 28.3 Å². The van der Waals surface area contributed by atoms with Crippen molar-refractivity contribution in [1.29, 1.82) is 0 Å². The highest BCUT2D eigenvalue weighted by Crippen LogP contribution is 2.33. The van der Waals surface area contributed by atoms with Crippen LogP contribution >= 0.6 is 23.2 Å². The molecule has 1 saturated heterocycles. The lowest BCUT2D eigenvalue weighted by Gasteiger charge is -2.18. The van der Waals surface area contributed by atoms with Gasteiger partial charge in [0.25, 0.3) is 0 Å². The van der Waals surface area contributed by atoms with Crippen molar-refractivity contribution >= 4 is 52.4 Å². The predicted octanol–water partition coefficient (Wildman–Crippen LogP) is 4.55. The summed E-state index contributed by atoms with van der Waals surface area (Å²) in [5.41, 5.74) is 1.42. The van der Waals surface area contributed by atoms with Gasteiger partial charge in [-0.3, -0.25) is 9.59 Å². The van der Waals surface area contributed by atoms with Crippen LogP contribution in [0.15, 0.2) is 42.5 Å². The molecule has 1 aliphatic heterocycles. The Morgan fingerprint density at radius 1 is 1.14 bits per heavy atom. The molecular formula is C21H20Cl2N2O4. The summed E-state index contributed by atoms with van der Waals surface area (Å²) >= 11 is 12.2. The molecule has 2 aromatic rings. The van der Waals surface area contributed by atoms with Gasteiger partial charge in [-0.25, -0.2) is 4.79 Å². The number of carbonyl (C=O) groups is 3. The normalized spacial score (nSPS) is 16.2. The van der Waals surface area contributed by atoms with Crippen molar-refractivity contribution in [1.82, 2.24) is 0 Å². The molecule has 0 aromatic heterocycles. The number of carbonyl (C=O) groups excluding carboxylic acids is 3. The van der Waals surface area contributed by atoms with Crippen molar-refractivity contribution in [2.24, 2.45) is 5.92 Å². The Kier molecular flexibility index (Phi) is 6.45. The van der Waals surface area contributed by atoms with Crippen LogP contribution in [-0.4, -0.2) is 30.4 Å². The van der Waals surface area contributed by atoms with Crippen LogP contribution in [0.4, 0.5) is 11.4 Å². The van der Waals surface area contributed by atoms with E-state index in [1.807, 2.05) is 0 Å². The van der Waals surface area contributed by atoms with E-state index < -0.39 is 11.9 Å². The first-order chi connectivity index (χ1) is 13.7. The summed E-state index contributed by atoms with van der Waals surface area (Å²) < 4.78 is 5.13. The second-order valence-electron chi connectivity index (χ2n) is 7.02. The van der Waals surface area contributed by atoms with E-state index in [4.69, 9.17) is 27.9 Å². The first kappa shape index (κ1) is 21.1. The Morgan fingerprint density at radius 3 is 2.48 bits per heavy atom. The minimum atomic E-state index is -0.525. The fraction of sp³-hybridized carbons (Fsp3) is 0.286. The maximum atomic E-state index is 12.6. The largest absolute Gasteiger partial charge is 0.459 e. The van der Waals surface area contributed by atoms with Gasteiger partial charge in [-0.05, 0) is 56.3 Å². The molecule has 2 amide bonds. The summed E-state index contributed by atoms with van der Waals surface area (Å²) in [6.07, 6.45) is -0.134. The number of benzene rings is 2. The van der Waals surface area contributed by atoms with Crippen molar-refractivity contribution in [3.8, 4) is 0 Å². The third-order valence-corrected chi connectivity index (χ3v) is 4.98. The zero-order chi connectivity index (χ0) is 21.1. The quantitative estimate of drug-likeness (QED) is 0.700. The molecule has 0 saturated carbocycles. The summed E-state index contributed by atoms with van der Waals surface area (Å²) in [6.45, 7) is 3.76. The minimum absolute atomic E-state index is 0.0769. The van der Waals surface area contributed by atoms with Crippen molar-refractivity contribution in [3.63, 3.8) is 0 Å². The van der Waals surface area contributed by atoms with Gasteiger partial charge in [0.2, 0.25) is 11.8 Å². The first-order valence-corrected chi connectivity index (χ1v) is 9.87. The smallest absolute Gasteiger partial charge is 0.338 e. The fourth-order valence-electron chi connectivity index (χ4n) is 3.02. The standard InChI is InChI=1S/C21H20Cl2N2O4/c1-12(2)29-21(28)13-3-6-16(7-4-13)24-20(27)14-9-19(26)25(11-14)18-10-15(22)5-8-17(18)23/h3-8,10,12,14H,9,11H2,1-2H3,(H,24,27)/t14-/m1/s1. The second kappa shape index (κ2) is 8.84. The Labute approximate surface area is 178 Å². The molecule has 2 aromatic carbocycles. The summed E-state index contributed by atoms with van der Waals surface area (Å²) in [6, 6.07) is 11.3. The van der Waals surface area contributed by atoms with Crippen molar-refractivity contribution in [3.05, 3.63) is 58.1 Å². The van der Waals surface area contributed by atoms with Gasteiger partial charge in [-0.1, -0.05) is 23.2 Å². The molecule has 152 valence electrons. The van der Waals surface area contributed by atoms with Crippen LogP contribution in [0.1, 0.15) is 30.6 Å². The van der Waals surface area contributed by atoms with Gasteiger partial charge >= 0.3 is 5.97 Å². The maximum Gasteiger partial charge on any atom is 0.338 e. The monoisotopic (exact) mass is 434 g/mol. The van der Waals surface area contributed by atoms with Crippen LogP contribution in [0, 0.1) is 5.92 Å². The number of nitrogens with zero attached hydrogens (tertiary/aromatic N) is 1. The van der Waals surface area contributed by atoms with Gasteiger partial charge in [0.1, 0.15) is 0 Å². The molecule has 0 bridgehead atoms. The van der Waals surface area contributed by atoms with E-state index in [1.54, 1.807) is 56.3 Å². The van der Waals surface area contributed by atoms with Gasteiger partial charge in [0, 0.05) is 23.7 Å². The molecule has 1 fully saturated rings. The lowest BCUT2D eigenvalue weighted by molar-refractivity contribution is -0.122. The molecule has 1 N–H and O–H groups in total. The number of rotatable bonds is 5. The number of amides is 2. The van der Waals surface area contributed by atoms with Crippen LogP contribution in [0.5, 0.6) is 0 Å². The number of ether oxygens (including phenoxy) is 1. The SMILES string of the molecule is CC(C)OC(=O)c1ccc(NC(=O)[C@@H]2CC(=O)N(c3cc(Cl)ccc3Cl)C2)cc1. The summed E-state index contributed by atoms with van der Waals surface area (Å²) in [5, 5.41) is 3.64. The number of esters is 1. The highest BCUT2D eigenvalue weighted by molar-refractivity contribution is 6.36. The van der Waals surface area contributed by atoms with Crippen LogP contribution in [-0.2, 0) is 14.3 Å². The number of anilines is 2. The van der Waals surface area contributed by atoms with Gasteiger partial charge in [-0.2, -0.15) is 0 Å². The van der Waals surface area contributed by atoms with Crippen LogP contribution in [0.2, 0.25) is 10.0 Å². The van der Waals surface area contributed by atoms with Crippen LogP contribution in [0.3, 0.4) is 0 Å². The van der Waals surface area contributed by atoms with Gasteiger partial charge in [-0.15, -0.1) is 0 Å². The lowest BCUT2D eigenvalue weighted by Crippen LogP contribution is -2.28. The van der Waals surface area contributed by atoms with Crippen molar-refractivity contribution < 1.29 is 19.1 Å². The molecule has 8 heteroatoms. The Balaban J connectivity index is 1.65. The molecule has 0 spiro atoms. The number of nitrogens with one attached hydrogen (secondary N) is 1. The van der Waals surface area contributed by atoms with Crippen LogP contribution < -0.4 is 10.2 Å². The molecule has 0 unspecified atom stereocenters. The van der Waals surface area contributed by atoms with E-state index in [1.165, 1.54) is 4.90 Å². The van der Waals surface area contributed by atoms with E-state index in [2.05, 4.69) is 5.32 Å². The fourth-order valence-corrected chi connectivity index (χ4v) is 3.41. The minimum Gasteiger partial charge on any atom is -0.459 e. The topological polar surface area (TPSA) is 75.7 Å². The summed E-state index contributed by atoms with van der Waals surface area (Å²) in [5.74, 6) is -1.42. The van der Waals surface area contributed by atoms with Crippen molar-refractivity contribution in [2.75, 3.05) is 16.8 Å². The zero-order valence-corrected chi connectivity index (χ0v) is 17.5. The zero-order valence-electron chi connectivity index (χ0n) is 15.9. The number of hydrogen-bond acceptors (Lipinski definition) is 4. The average molecular weight is 435 g/mol. The van der Waals surface area contributed by atoms with Crippen molar-refractivity contribution in [2.45, 2.75) is 26.4 Å². The Bertz CT molecular complexity index is 944. The molecular weight excluding hydrogens is 415 g/mol. The highest BCUT2D eigenvalue weighted by atomic mass is 35.5. The number of halogens is 2. The van der Waals surface area contributed by atoms with Gasteiger partial charge < -0.3 is 15.0 Å². The van der Waals surface area contributed by atoms with E-state index >= 15 is 0 Å². The molecule has 3 rings (SSSR count). The third-order valence-electron chi connectivity index (χ3n) is 4.43. The molecule has 6 nitrogen and oxygen atoms in total. The molecule has 29 heavy (non-hydrogen) atoms. The Morgan fingerprint density at radius 2 is 1.83 bits per heavy atom. The predicted molar refractivity (Wildman–Crippen MR) is 113 cm³/mol. The summed E-state index contributed by atoms with van der Waals surface area (Å²) in [4.78, 5) is 38.4. The second-order valence-corrected chi connectivity index (χ2v) is 7.87. The van der Waals surface area contributed by atoms with E-state index in [0.29, 0.717) is 27.0 Å². The molecule has 1 atom stereocenters. The number of hydrogen-bond donors (Lipinski definition) is 1. The third kappa shape index (κ3) is 5.08. The van der Waals surface area contributed by atoms with E-state index in [-0.39, 0.29) is 30.9 Å². The van der Waals surface area contributed by atoms with E-state index in [9.17, 15) is 14.4 Å². The van der Waals surface area contributed by atoms with Crippen LogP contribution in [0.25, 0.3) is 0 Å². The summed E-state index contributed by atoms with van der Waals surface area (Å²) in [7, 11) is 0. The molecule has 0 radical (unpaired) electrons. The lowest BCUT2D eigenvalue weighted by atomic mass is 10.1. The Hall–Kier alpha value is -2.57.